The van der Waals surface area contributed by atoms with Crippen molar-refractivity contribution in [2.24, 2.45) is 0 Å². The molecule has 0 saturated heterocycles. The Morgan fingerprint density at radius 3 is 2.28 bits per heavy atom. The molecule has 6 nitrogen and oxygen atoms in total. The summed E-state index contributed by atoms with van der Waals surface area (Å²) in [6, 6.07) is 5.04. The van der Waals surface area contributed by atoms with Crippen LogP contribution in [0.5, 0.6) is 5.75 Å². The lowest BCUT2D eigenvalue weighted by Crippen LogP contribution is -2.44. The van der Waals surface area contributed by atoms with E-state index in [0.29, 0.717) is 5.56 Å². The fourth-order valence-electron chi connectivity index (χ4n) is 1.56. The maximum atomic E-state index is 11.1. The number of aliphatic carboxylic acids is 1. The minimum Gasteiger partial charge on any atom is -0.508 e. The van der Waals surface area contributed by atoms with Crippen molar-refractivity contribution in [2.75, 3.05) is 7.11 Å². The van der Waals surface area contributed by atoms with Crippen molar-refractivity contribution in [3.8, 4) is 5.75 Å². The SMILES string of the molecule is COC(=O)N[C@H](C(=O)O)C(C)c1ccc(O)cc1. The standard InChI is InChI=1S/C12H15NO5/c1-7(8-3-5-9(14)6-4-8)10(11(15)16)13-12(17)18-2/h3-7,10,14H,1-2H3,(H,13,17)(H,15,16)/t7?,10-/m0/s1. The first-order chi connectivity index (χ1) is 8.45. The number of methoxy groups -OCH3 is 1. The van der Waals surface area contributed by atoms with E-state index in [0.717, 1.165) is 0 Å². The molecule has 0 bridgehead atoms. The van der Waals surface area contributed by atoms with Crippen LogP contribution in [0.1, 0.15) is 18.4 Å². The topological polar surface area (TPSA) is 95.9 Å². The monoisotopic (exact) mass is 253 g/mol. The summed E-state index contributed by atoms with van der Waals surface area (Å²) in [5, 5.41) is 20.5. The summed E-state index contributed by atoms with van der Waals surface area (Å²) >= 11 is 0. The summed E-state index contributed by atoms with van der Waals surface area (Å²) in [5.74, 6) is -1.51. The van der Waals surface area contributed by atoms with Crippen molar-refractivity contribution in [3.05, 3.63) is 29.8 Å². The summed E-state index contributed by atoms with van der Waals surface area (Å²) < 4.78 is 4.38. The summed E-state index contributed by atoms with van der Waals surface area (Å²) in [6.07, 6.45) is -0.798. The Kier molecular flexibility index (Phi) is 4.53. The molecule has 0 radical (unpaired) electrons. The molecule has 0 aliphatic carbocycles. The highest BCUT2D eigenvalue weighted by molar-refractivity contribution is 5.80. The van der Waals surface area contributed by atoms with Gasteiger partial charge in [0.25, 0.3) is 0 Å². The van der Waals surface area contributed by atoms with Crippen molar-refractivity contribution in [1.82, 2.24) is 5.32 Å². The van der Waals surface area contributed by atoms with Gasteiger partial charge in [-0.05, 0) is 17.7 Å². The number of amides is 1. The first-order valence-corrected chi connectivity index (χ1v) is 5.32. The number of alkyl carbamates (subject to hydrolysis) is 1. The molecule has 0 heterocycles. The van der Waals surface area contributed by atoms with Crippen LogP contribution in [0, 0.1) is 0 Å². The van der Waals surface area contributed by atoms with Gasteiger partial charge in [0, 0.05) is 5.92 Å². The van der Waals surface area contributed by atoms with Gasteiger partial charge >= 0.3 is 12.1 Å². The number of rotatable bonds is 4. The van der Waals surface area contributed by atoms with Crippen LogP contribution < -0.4 is 5.32 Å². The molecule has 0 saturated carbocycles. The van der Waals surface area contributed by atoms with E-state index in [4.69, 9.17) is 10.2 Å². The normalized spacial score (nSPS) is 13.4. The second-order valence-corrected chi connectivity index (χ2v) is 3.83. The van der Waals surface area contributed by atoms with Crippen LogP contribution in [0.15, 0.2) is 24.3 Å². The molecule has 3 N–H and O–H groups in total. The number of ether oxygens (including phenoxy) is 1. The predicted molar refractivity (Wildman–Crippen MR) is 63.5 cm³/mol. The third-order valence-corrected chi connectivity index (χ3v) is 2.64. The number of carbonyl (C=O) groups is 2. The Bertz CT molecular complexity index is 429. The highest BCUT2D eigenvalue weighted by atomic mass is 16.5. The van der Waals surface area contributed by atoms with Gasteiger partial charge in [0.1, 0.15) is 11.8 Å². The first kappa shape index (κ1) is 13.8. The molecule has 0 aromatic heterocycles. The van der Waals surface area contributed by atoms with Crippen LogP contribution in [0.25, 0.3) is 0 Å². The number of benzene rings is 1. The number of phenols is 1. The highest BCUT2D eigenvalue weighted by Crippen LogP contribution is 2.21. The number of hydrogen-bond donors (Lipinski definition) is 3. The van der Waals surface area contributed by atoms with E-state index < -0.39 is 24.0 Å². The van der Waals surface area contributed by atoms with Gasteiger partial charge in [-0.1, -0.05) is 19.1 Å². The average Bonchev–Trinajstić information content (AvgIpc) is 2.35. The summed E-state index contributed by atoms with van der Waals surface area (Å²) in [4.78, 5) is 22.2. The van der Waals surface area contributed by atoms with Crippen LogP contribution in [0.4, 0.5) is 4.79 Å². The smallest absolute Gasteiger partial charge is 0.407 e. The zero-order valence-corrected chi connectivity index (χ0v) is 10.1. The molecule has 2 atom stereocenters. The Labute approximate surface area is 104 Å². The van der Waals surface area contributed by atoms with Gasteiger partial charge in [-0.2, -0.15) is 0 Å². The molecule has 6 heteroatoms. The molecule has 1 aromatic rings. The van der Waals surface area contributed by atoms with Gasteiger partial charge in [-0.25, -0.2) is 9.59 Å². The van der Waals surface area contributed by atoms with E-state index in [1.165, 1.54) is 19.2 Å². The summed E-state index contributed by atoms with van der Waals surface area (Å²) in [6.45, 7) is 1.67. The van der Waals surface area contributed by atoms with Gasteiger partial charge in [-0.15, -0.1) is 0 Å². The lowest BCUT2D eigenvalue weighted by atomic mass is 9.93. The van der Waals surface area contributed by atoms with E-state index in [-0.39, 0.29) is 5.75 Å². The molecular formula is C12H15NO5. The molecule has 0 spiro atoms. The Balaban J connectivity index is 2.88. The number of nitrogens with one attached hydrogen (secondary N) is 1. The fraction of sp³-hybridized carbons (Fsp3) is 0.333. The van der Waals surface area contributed by atoms with Gasteiger partial charge in [0.15, 0.2) is 0 Å². The predicted octanol–water partition coefficient (Wildman–Crippen LogP) is 1.30. The average molecular weight is 253 g/mol. The minimum absolute atomic E-state index is 0.0961. The second kappa shape index (κ2) is 5.90. The van der Waals surface area contributed by atoms with Gasteiger partial charge in [0.05, 0.1) is 7.11 Å². The van der Waals surface area contributed by atoms with Crippen molar-refractivity contribution in [2.45, 2.75) is 18.9 Å². The first-order valence-electron chi connectivity index (χ1n) is 5.32. The fourth-order valence-corrected chi connectivity index (χ4v) is 1.56. The van der Waals surface area contributed by atoms with E-state index in [2.05, 4.69) is 10.1 Å². The van der Waals surface area contributed by atoms with Crippen molar-refractivity contribution < 1.29 is 24.5 Å². The number of carbonyl (C=O) groups excluding carboxylic acids is 1. The molecule has 0 aliphatic rings. The molecule has 0 fully saturated rings. The molecule has 1 unspecified atom stereocenters. The Morgan fingerprint density at radius 1 is 1.28 bits per heavy atom. The van der Waals surface area contributed by atoms with E-state index in [9.17, 15) is 9.59 Å². The van der Waals surface area contributed by atoms with Crippen LogP contribution >= 0.6 is 0 Å². The highest BCUT2D eigenvalue weighted by Gasteiger charge is 2.27. The summed E-state index contributed by atoms with van der Waals surface area (Å²) in [5.41, 5.74) is 0.691. The molecule has 98 valence electrons. The number of carboxylic acids is 1. The van der Waals surface area contributed by atoms with Crippen molar-refractivity contribution in [3.63, 3.8) is 0 Å². The maximum absolute atomic E-state index is 11.1. The lowest BCUT2D eigenvalue weighted by Gasteiger charge is -2.21. The van der Waals surface area contributed by atoms with Crippen molar-refractivity contribution >= 4 is 12.1 Å². The zero-order chi connectivity index (χ0) is 13.7. The van der Waals surface area contributed by atoms with Gasteiger partial charge < -0.3 is 20.3 Å². The van der Waals surface area contributed by atoms with Crippen LogP contribution in [0.2, 0.25) is 0 Å². The minimum atomic E-state index is -1.15. The second-order valence-electron chi connectivity index (χ2n) is 3.83. The molecule has 1 rings (SSSR count). The van der Waals surface area contributed by atoms with Gasteiger partial charge in [-0.3, -0.25) is 0 Å². The van der Waals surface area contributed by atoms with Gasteiger partial charge in [0.2, 0.25) is 0 Å². The van der Waals surface area contributed by atoms with Crippen molar-refractivity contribution in [1.29, 1.82) is 0 Å². The zero-order valence-electron chi connectivity index (χ0n) is 10.1. The van der Waals surface area contributed by atoms with E-state index in [1.54, 1.807) is 19.1 Å². The van der Waals surface area contributed by atoms with Crippen LogP contribution in [0.3, 0.4) is 0 Å². The maximum Gasteiger partial charge on any atom is 0.407 e. The lowest BCUT2D eigenvalue weighted by molar-refractivity contribution is -0.139. The Morgan fingerprint density at radius 2 is 1.83 bits per heavy atom. The van der Waals surface area contributed by atoms with Crippen LogP contribution in [-0.4, -0.2) is 35.4 Å². The third kappa shape index (κ3) is 3.38. The molecule has 1 amide bonds. The largest absolute Gasteiger partial charge is 0.508 e. The van der Waals surface area contributed by atoms with Crippen LogP contribution in [-0.2, 0) is 9.53 Å². The van der Waals surface area contributed by atoms with E-state index in [1.807, 2.05) is 0 Å². The third-order valence-electron chi connectivity index (χ3n) is 2.64. The number of aromatic hydroxyl groups is 1. The molecule has 18 heavy (non-hydrogen) atoms. The number of phenolic OH excluding ortho intramolecular Hbond substituents is 1. The molecule has 1 aromatic carbocycles. The molecule has 0 aliphatic heterocycles. The quantitative estimate of drug-likeness (QED) is 0.751. The summed E-state index contributed by atoms with van der Waals surface area (Å²) in [7, 11) is 1.17. The number of hydrogen-bond acceptors (Lipinski definition) is 4. The number of carboxylic acid groups (broad SMARTS) is 1. The Hall–Kier alpha value is -2.24. The molecular weight excluding hydrogens is 238 g/mol. The van der Waals surface area contributed by atoms with E-state index >= 15 is 0 Å².